The van der Waals surface area contributed by atoms with Crippen LogP contribution in [0.5, 0.6) is 0 Å². The monoisotopic (exact) mass is 420 g/mol. The van der Waals surface area contributed by atoms with Crippen LogP contribution < -0.4 is 0 Å². The van der Waals surface area contributed by atoms with Gasteiger partial charge in [0, 0.05) is 71.8 Å². The smallest absolute Gasteiger partial charge is 0.162 e. The summed E-state index contributed by atoms with van der Waals surface area (Å²) >= 11 is 3.53. The SMILES string of the molecule is Brc1ccc2c(CN3CCc4nc(-c5cncnc5)ncc4C3)c[nH]c2c1. The second-order valence-electron chi connectivity index (χ2n) is 6.76. The van der Waals surface area contributed by atoms with Crippen LogP contribution in [0.3, 0.4) is 0 Å². The Morgan fingerprint density at radius 2 is 2.04 bits per heavy atom. The molecule has 0 atom stereocenters. The largest absolute Gasteiger partial charge is 0.361 e. The highest BCUT2D eigenvalue weighted by molar-refractivity contribution is 9.10. The van der Waals surface area contributed by atoms with E-state index in [2.05, 4.69) is 65.2 Å². The first-order valence-electron chi connectivity index (χ1n) is 8.84. The van der Waals surface area contributed by atoms with Gasteiger partial charge in [0.05, 0.1) is 11.3 Å². The first-order chi connectivity index (χ1) is 13.3. The fraction of sp³-hybridized carbons (Fsp3) is 0.200. The Balaban J connectivity index is 1.36. The molecule has 1 N–H and O–H groups in total. The molecule has 0 amide bonds. The number of aromatic amines is 1. The van der Waals surface area contributed by atoms with Crippen molar-refractivity contribution in [2.75, 3.05) is 6.54 Å². The lowest BCUT2D eigenvalue weighted by molar-refractivity contribution is 0.244. The van der Waals surface area contributed by atoms with Gasteiger partial charge in [-0.05, 0) is 17.7 Å². The van der Waals surface area contributed by atoms with Crippen LogP contribution in [0.2, 0.25) is 0 Å². The minimum atomic E-state index is 0.699. The van der Waals surface area contributed by atoms with Crippen LogP contribution in [-0.4, -0.2) is 36.4 Å². The molecule has 134 valence electrons. The molecule has 0 spiro atoms. The van der Waals surface area contributed by atoms with Crippen LogP contribution in [0.25, 0.3) is 22.3 Å². The van der Waals surface area contributed by atoms with Gasteiger partial charge in [-0.2, -0.15) is 0 Å². The van der Waals surface area contributed by atoms with Gasteiger partial charge in [-0.25, -0.2) is 19.9 Å². The lowest BCUT2D eigenvalue weighted by Crippen LogP contribution is -2.30. The van der Waals surface area contributed by atoms with E-state index in [-0.39, 0.29) is 0 Å². The summed E-state index contributed by atoms with van der Waals surface area (Å²) in [6.45, 7) is 2.76. The van der Waals surface area contributed by atoms with E-state index in [0.29, 0.717) is 5.82 Å². The van der Waals surface area contributed by atoms with Crippen LogP contribution in [0.4, 0.5) is 0 Å². The van der Waals surface area contributed by atoms with E-state index < -0.39 is 0 Å². The molecule has 5 rings (SSSR count). The number of benzene rings is 1. The summed E-state index contributed by atoms with van der Waals surface area (Å²) in [5.74, 6) is 0.699. The summed E-state index contributed by atoms with van der Waals surface area (Å²) in [5, 5.41) is 1.28. The Labute approximate surface area is 164 Å². The van der Waals surface area contributed by atoms with E-state index in [1.54, 1.807) is 12.4 Å². The summed E-state index contributed by atoms with van der Waals surface area (Å²) in [4.78, 5) is 23.2. The number of halogens is 1. The van der Waals surface area contributed by atoms with Gasteiger partial charge >= 0.3 is 0 Å². The number of hydrogen-bond donors (Lipinski definition) is 1. The Kier molecular flexibility index (Phi) is 4.18. The molecule has 0 radical (unpaired) electrons. The van der Waals surface area contributed by atoms with Crippen molar-refractivity contribution >= 4 is 26.8 Å². The molecular weight excluding hydrogens is 404 g/mol. The molecule has 27 heavy (non-hydrogen) atoms. The molecule has 1 aliphatic heterocycles. The third kappa shape index (κ3) is 3.24. The number of nitrogens with zero attached hydrogens (tertiary/aromatic N) is 5. The third-order valence-corrected chi connectivity index (χ3v) is 5.45. The second kappa shape index (κ2) is 6.83. The summed E-state index contributed by atoms with van der Waals surface area (Å²) < 4.78 is 1.09. The molecule has 1 aromatic carbocycles. The number of H-pyrrole nitrogens is 1. The molecule has 0 fully saturated rings. The van der Waals surface area contributed by atoms with Crippen molar-refractivity contribution in [3.8, 4) is 11.4 Å². The summed E-state index contributed by atoms with van der Waals surface area (Å²) in [5.41, 5.74) is 5.66. The van der Waals surface area contributed by atoms with Gasteiger partial charge in [0.2, 0.25) is 0 Å². The Morgan fingerprint density at radius 3 is 2.93 bits per heavy atom. The topological polar surface area (TPSA) is 70.6 Å². The molecule has 6 nitrogen and oxygen atoms in total. The molecule has 0 aliphatic carbocycles. The summed E-state index contributed by atoms with van der Waals surface area (Å²) in [7, 11) is 0. The fourth-order valence-corrected chi connectivity index (χ4v) is 3.95. The van der Waals surface area contributed by atoms with Crippen molar-refractivity contribution in [1.29, 1.82) is 0 Å². The van der Waals surface area contributed by atoms with E-state index in [1.807, 2.05) is 6.20 Å². The van der Waals surface area contributed by atoms with Crippen LogP contribution in [0.1, 0.15) is 16.8 Å². The van der Waals surface area contributed by atoms with E-state index in [4.69, 9.17) is 4.98 Å². The average molecular weight is 421 g/mol. The molecule has 3 aromatic heterocycles. The Bertz CT molecular complexity index is 1110. The maximum absolute atomic E-state index is 4.75. The van der Waals surface area contributed by atoms with Gasteiger partial charge in [0.1, 0.15) is 6.33 Å². The van der Waals surface area contributed by atoms with Gasteiger partial charge in [-0.15, -0.1) is 0 Å². The Morgan fingerprint density at radius 1 is 1.15 bits per heavy atom. The van der Waals surface area contributed by atoms with Gasteiger partial charge in [0.25, 0.3) is 0 Å². The van der Waals surface area contributed by atoms with Crippen LogP contribution >= 0.6 is 15.9 Å². The fourth-order valence-electron chi connectivity index (χ4n) is 3.59. The van der Waals surface area contributed by atoms with Crippen molar-refractivity contribution in [3.63, 3.8) is 0 Å². The molecule has 4 aromatic rings. The molecule has 7 heteroatoms. The van der Waals surface area contributed by atoms with Crippen molar-refractivity contribution in [2.24, 2.45) is 0 Å². The maximum atomic E-state index is 4.75. The van der Waals surface area contributed by atoms with E-state index in [1.165, 1.54) is 22.8 Å². The zero-order valence-corrected chi connectivity index (χ0v) is 16.1. The minimum absolute atomic E-state index is 0.699. The number of hydrogen-bond acceptors (Lipinski definition) is 5. The Hall–Kier alpha value is -2.64. The third-order valence-electron chi connectivity index (χ3n) is 4.96. The predicted octanol–water partition coefficient (Wildman–Crippen LogP) is 3.74. The molecule has 4 heterocycles. The van der Waals surface area contributed by atoms with E-state index in [0.717, 1.165) is 47.3 Å². The zero-order valence-electron chi connectivity index (χ0n) is 14.6. The summed E-state index contributed by atoms with van der Waals surface area (Å²) in [6.07, 6.45) is 10.00. The molecular formula is C20H17BrN6. The number of nitrogens with one attached hydrogen (secondary N) is 1. The van der Waals surface area contributed by atoms with Gasteiger partial charge in [0.15, 0.2) is 5.82 Å². The molecule has 0 unspecified atom stereocenters. The first-order valence-corrected chi connectivity index (χ1v) is 9.63. The normalized spacial score (nSPS) is 14.4. The maximum Gasteiger partial charge on any atom is 0.162 e. The average Bonchev–Trinajstić information content (AvgIpc) is 3.10. The highest BCUT2D eigenvalue weighted by Gasteiger charge is 2.20. The highest BCUT2D eigenvalue weighted by atomic mass is 79.9. The predicted molar refractivity (Wildman–Crippen MR) is 107 cm³/mol. The van der Waals surface area contributed by atoms with Crippen molar-refractivity contribution in [1.82, 2.24) is 29.8 Å². The van der Waals surface area contributed by atoms with Crippen molar-refractivity contribution in [3.05, 3.63) is 70.6 Å². The second-order valence-corrected chi connectivity index (χ2v) is 7.67. The van der Waals surface area contributed by atoms with Gasteiger partial charge < -0.3 is 4.98 Å². The van der Waals surface area contributed by atoms with Gasteiger partial charge in [-0.3, -0.25) is 4.90 Å². The summed E-state index contributed by atoms with van der Waals surface area (Å²) in [6, 6.07) is 6.38. The lowest BCUT2D eigenvalue weighted by Gasteiger charge is -2.27. The number of aromatic nitrogens is 5. The number of fused-ring (bicyclic) bond motifs is 2. The lowest BCUT2D eigenvalue weighted by atomic mass is 10.1. The standard InChI is InChI=1S/C20H17BrN6/c21-16-1-2-17-14(8-24-19(17)5-16)10-27-4-3-18-15(11-27)9-25-20(26-18)13-6-22-12-23-7-13/h1-2,5-9,12,24H,3-4,10-11H2. The molecule has 0 saturated heterocycles. The van der Waals surface area contributed by atoms with Crippen molar-refractivity contribution < 1.29 is 0 Å². The minimum Gasteiger partial charge on any atom is -0.361 e. The van der Waals surface area contributed by atoms with Crippen LogP contribution in [0, 0.1) is 0 Å². The first kappa shape index (κ1) is 16.5. The number of rotatable bonds is 3. The molecule has 0 saturated carbocycles. The van der Waals surface area contributed by atoms with E-state index >= 15 is 0 Å². The van der Waals surface area contributed by atoms with Gasteiger partial charge in [-0.1, -0.05) is 22.0 Å². The van der Waals surface area contributed by atoms with Crippen molar-refractivity contribution in [2.45, 2.75) is 19.5 Å². The van der Waals surface area contributed by atoms with E-state index in [9.17, 15) is 0 Å². The molecule has 0 bridgehead atoms. The van der Waals surface area contributed by atoms with Crippen LogP contribution in [0.15, 0.2) is 53.8 Å². The zero-order chi connectivity index (χ0) is 18.2. The van der Waals surface area contributed by atoms with Crippen LogP contribution in [-0.2, 0) is 19.5 Å². The highest BCUT2D eigenvalue weighted by Crippen LogP contribution is 2.26. The quantitative estimate of drug-likeness (QED) is 0.546. The molecule has 1 aliphatic rings.